The van der Waals surface area contributed by atoms with Crippen LogP contribution in [0.1, 0.15) is 22.4 Å². The van der Waals surface area contributed by atoms with Crippen LogP contribution in [0, 0.1) is 0 Å². The number of oxime groups is 1. The van der Waals surface area contributed by atoms with Crippen molar-refractivity contribution in [1.82, 2.24) is 15.2 Å². The molecule has 0 aliphatic carbocycles. The first kappa shape index (κ1) is 35.8. The molecule has 2 amide bonds. The van der Waals surface area contributed by atoms with Gasteiger partial charge in [-0.05, 0) is 41.9 Å². The second-order valence-electron chi connectivity index (χ2n) is 12.6. The van der Waals surface area contributed by atoms with E-state index >= 15 is 0 Å². The molecule has 1 saturated heterocycles. The van der Waals surface area contributed by atoms with E-state index in [1.807, 2.05) is 74.2 Å². The van der Waals surface area contributed by atoms with Gasteiger partial charge >= 0.3 is 5.97 Å². The van der Waals surface area contributed by atoms with Gasteiger partial charge in [-0.25, -0.2) is 9.78 Å². The van der Waals surface area contributed by atoms with E-state index < -0.39 is 37.1 Å². The molecule has 0 spiro atoms. The molecule has 2 aliphatic rings. The van der Waals surface area contributed by atoms with Gasteiger partial charge in [-0.15, -0.1) is 23.1 Å². The number of fused-ring (bicyclic) bond motifs is 1. The van der Waals surface area contributed by atoms with E-state index in [9.17, 15) is 14.4 Å². The molecule has 50 heavy (non-hydrogen) atoms. The molecular weight excluding hydrogens is 802 g/mol. The predicted octanol–water partition coefficient (Wildman–Crippen LogP) is 6.36. The lowest BCUT2D eigenvalue weighted by Gasteiger charge is -2.49. The molecule has 2 atom stereocenters. The average Bonchev–Trinajstić information content (AvgIpc) is 3.59. The minimum absolute atomic E-state index is 0.0737. The van der Waals surface area contributed by atoms with Gasteiger partial charge in [0.1, 0.15) is 35.5 Å². The summed E-state index contributed by atoms with van der Waals surface area (Å²) in [5.74, 6) is -0.929. The molecular formula is C36H36IN5O5S2Si. The fourth-order valence-electron chi connectivity index (χ4n) is 5.99. The molecule has 0 radical (unpaired) electrons. The molecule has 1 aromatic heterocycles. The molecule has 0 bridgehead atoms. The third-order valence-corrected chi connectivity index (χ3v) is 12.0. The predicted molar refractivity (Wildman–Crippen MR) is 209 cm³/mol. The van der Waals surface area contributed by atoms with Crippen molar-refractivity contribution in [1.29, 1.82) is 0 Å². The topological polar surface area (TPSA) is 122 Å². The van der Waals surface area contributed by atoms with Gasteiger partial charge in [0.05, 0.1) is 0 Å². The number of alkyl halides is 1. The number of hydrogen-bond donors (Lipinski definition) is 2. The summed E-state index contributed by atoms with van der Waals surface area (Å²) in [7, 11) is -0.863. The Hall–Kier alpha value is -3.99. The van der Waals surface area contributed by atoms with Crippen molar-refractivity contribution in [3.05, 3.63) is 130 Å². The second kappa shape index (κ2) is 15.1. The van der Waals surface area contributed by atoms with E-state index in [0.717, 1.165) is 22.3 Å². The normalized spacial score (nSPS) is 17.8. The third-order valence-electron chi connectivity index (χ3n) is 8.15. The number of carbonyl (C=O) groups excluding carboxylic acids is 3. The summed E-state index contributed by atoms with van der Waals surface area (Å²) in [4.78, 5) is 51.9. The summed E-state index contributed by atoms with van der Waals surface area (Å²) < 4.78 is 6.36. The number of β-lactam (4-membered cyclic amide) rings is 1. The van der Waals surface area contributed by atoms with Crippen LogP contribution in [-0.4, -0.2) is 70.4 Å². The number of anilines is 1. The summed E-state index contributed by atoms with van der Waals surface area (Å²) in [5, 5.41) is 12.4. The number of carbonyl (C=O) groups is 3. The largest absolute Gasteiger partial charge is 0.515 e. The third kappa shape index (κ3) is 7.11. The zero-order valence-electron chi connectivity index (χ0n) is 27.9. The SMILES string of the molecule is CO/N=C(\C(=O)NC1C(=O)N2C(C(=O)O[Si](C)(C)C)=C(CI)CS[C@H]12)c1csc(NC(c2ccccc2)(c2ccccc2)c2ccccc2)n1. The van der Waals surface area contributed by atoms with Crippen LogP contribution in [0.2, 0.25) is 19.6 Å². The standard InChI is InChI=1S/C36H36IN5O5S2Si/c1-46-41-28(31(43)39-29-32(44)42-30(34(45)47-50(2,3)4)23(20-37)21-48-33(29)42)27-22-49-35(38-27)40-36(24-14-8-5-9-15-24,25-16-10-6-11-17-25)26-18-12-7-13-19-26/h5-19,22,29,33H,20-21H2,1-4H3,(H,38,40)(H,39,43)/b41-28-/t29?,33-/m1/s1. The van der Waals surface area contributed by atoms with Crippen molar-refractivity contribution in [2.75, 3.05) is 22.6 Å². The van der Waals surface area contributed by atoms with Gasteiger partial charge in [-0.2, -0.15) is 0 Å². The summed E-state index contributed by atoms with van der Waals surface area (Å²) in [6.45, 7) is 5.77. The smallest absolute Gasteiger partial charge is 0.341 e. The molecule has 6 rings (SSSR count). The highest BCUT2D eigenvalue weighted by Crippen LogP contribution is 2.42. The molecule has 2 aliphatic heterocycles. The number of nitrogens with zero attached hydrogens (tertiary/aromatic N) is 3. The number of thiazole rings is 1. The molecule has 3 aromatic carbocycles. The van der Waals surface area contributed by atoms with Crippen LogP contribution in [0.3, 0.4) is 0 Å². The van der Waals surface area contributed by atoms with Gasteiger partial charge < -0.3 is 19.9 Å². The van der Waals surface area contributed by atoms with Gasteiger partial charge in [-0.1, -0.05) is 119 Å². The van der Waals surface area contributed by atoms with Crippen molar-refractivity contribution in [2.45, 2.75) is 36.6 Å². The highest BCUT2D eigenvalue weighted by atomic mass is 127. The summed E-state index contributed by atoms with van der Waals surface area (Å²) >= 11 is 5.02. The average molecular weight is 838 g/mol. The summed E-state index contributed by atoms with van der Waals surface area (Å²) in [6.07, 6.45) is 0. The first-order chi connectivity index (χ1) is 24.1. The van der Waals surface area contributed by atoms with E-state index in [1.165, 1.54) is 35.1 Å². The molecule has 10 nitrogen and oxygen atoms in total. The maximum atomic E-state index is 13.8. The number of thioether (sulfide) groups is 1. The Morgan fingerprint density at radius 2 is 1.54 bits per heavy atom. The molecule has 2 N–H and O–H groups in total. The van der Waals surface area contributed by atoms with Gasteiger partial charge in [0.25, 0.3) is 11.8 Å². The molecule has 14 heteroatoms. The van der Waals surface area contributed by atoms with E-state index in [-0.39, 0.29) is 17.3 Å². The maximum Gasteiger partial charge on any atom is 0.341 e. The lowest BCUT2D eigenvalue weighted by atomic mass is 9.77. The zero-order valence-corrected chi connectivity index (χ0v) is 32.7. The van der Waals surface area contributed by atoms with E-state index in [1.54, 1.807) is 5.38 Å². The quantitative estimate of drug-likeness (QED) is 0.0322. The van der Waals surface area contributed by atoms with Gasteiger partial charge in [0.2, 0.25) is 8.32 Å². The minimum Gasteiger partial charge on any atom is -0.515 e. The molecule has 0 saturated carbocycles. The first-order valence-corrected chi connectivity index (χ1v) is 22.7. The molecule has 3 heterocycles. The van der Waals surface area contributed by atoms with Crippen LogP contribution in [-0.2, 0) is 29.2 Å². The lowest BCUT2D eigenvalue weighted by Crippen LogP contribution is -2.71. The van der Waals surface area contributed by atoms with Crippen LogP contribution >= 0.6 is 45.7 Å². The first-order valence-electron chi connectivity index (χ1n) is 15.9. The Bertz CT molecular complexity index is 1840. The molecule has 258 valence electrons. The number of nitrogens with one attached hydrogen (secondary N) is 2. The van der Waals surface area contributed by atoms with E-state index in [2.05, 4.69) is 74.8 Å². The molecule has 1 fully saturated rings. The zero-order chi connectivity index (χ0) is 35.5. The number of aromatic nitrogens is 1. The summed E-state index contributed by atoms with van der Waals surface area (Å²) in [5.41, 5.74) is 3.53. The van der Waals surface area contributed by atoms with Crippen molar-refractivity contribution in [3.8, 4) is 0 Å². The van der Waals surface area contributed by atoms with E-state index in [0.29, 0.717) is 21.0 Å². The van der Waals surface area contributed by atoms with Crippen LogP contribution in [0.5, 0.6) is 0 Å². The fraction of sp³-hybridized carbons (Fsp3) is 0.250. The van der Waals surface area contributed by atoms with Crippen molar-refractivity contribution >= 4 is 82.6 Å². The molecule has 4 aromatic rings. The lowest BCUT2D eigenvalue weighted by molar-refractivity contribution is -0.149. The van der Waals surface area contributed by atoms with E-state index in [4.69, 9.17) is 14.2 Å². The Morgan fingerprint density at radius 1 is 0.980 bits per heavy atom. The van der Waals surface area contributed by atoms with Crippen molar-refractivity contribution in [2.24, 2.45) is 5.16 Å². The Balaban J connectivity index is 1.27. The highest BCUT2D eigenvalue weighted by Gasteiger charge is 2.55. The number of benzene rings is 3. The van der Waals surface area contributed by atoms with Crippen molar-refractivity contribution < 1.29 is 23.6 Å². The number of halogens is 1. The minimum atomic E-state index is -2.21. The van der Waals surface area contributed by atoms with Gasteiger partial charge in [-0.3, -0.25) is 14.5 Å². The van der Waals surface area contributed by atoms with Crippen LogP contribution in [0.25, 0.3) is 0 Å². The monoisotopic (exact) mass is 837 g/mol. The number of hydrogen-bond acceptors (Lipinski definition) is 10. The van der Waals surface area contributed by atoms with Crippen LogP contribution in [0.15, 0.2) is 113 Å². The Morgan fingerprint density at radius 3 is 2.04 bits per heavy atom. The Labute approximate surface area is 314 Å². The number of amides is 2. The number of rotatable bonds is 12. The maximum absolute atomic E-state index is 13.8. The van der Waals surface area contributed by atoms with Crippen molar-refractivity contribution in [3.63, 3.8) is 0 Å². The Kier molecular flexibility index (Phi) is 10.8. The van der Waals surface area contributed by atoms with Gasteiger partial charge in [0.15, 0.2) is 10.8 Å². The second-order valence-corrected chi connectivity index (χ2v) is 19.7. The van der Waals surface area contributed by atoms with Crippen LogP contribution in [0.4, 0.5) is 5.13 Å². The molecule has 1 unspecified atom stereocenters. The fourth-order valence-corrected chi connectivity index (χ4v) is 9.73. The summed E-state index contributed by atoms with van der Waals surface area (Å²) in [6, 6.07) is 29.5. The van der Waals surface area contributed by atoms with Gasteiger partial charge in [0, 0.05) is 15.6 Å². The van der Waals surface area contributed by atoms with Crippen LogP contribution < -0.4 is 10.6 Å². The highest BCUT2D eigenvalue weighted by molar-refractivity contribution is 14.1.